The topological polar surface area (TPSA) is 88.1 Å². The van der Waals surface area contributed by atoms with Crippen LogP contribution in [0.1, 0.15) is 31.0 Å². The van der Waals surface area contributed by atoms with Gasteiger partial charge in [0.05, 0.1) is 5.69 Å². The molecule has 144 valence electrons. The number of urea groups is 1. The van der Waals surface area contributed by atoms with E-state index in [1.165, 1.54) is 13.1 Å². The first-order valence-corrected chi connectivity index (χ1v) is 9.13. The molecule has 2 rings (SSSR count). The number of halogens is 1. The molecule has 0 aliphatic heterocycles. The number of rotatable bonds is 7. The lowest BCUT2D eigenvalue weighted by molar-refractivity contribution is -0.111. The molecule has 0 atom stereocenters. The van der Waals surface area contributed by atoms with E-state index in [1.807, 2.05) is 6.92 Å². The van der Waals surface area contributed by atoms with Crippen LogP contribution in [-0.2, 0) is 11.3 Å². The molecule has 0 spiro atoms. The van der Waals surface area contributed by atoms with E-state index in [4.69, 9.17) is 11.6 Å². The van der Waals surface area contributed by atoms with Crippen LogP contribution < -0.4 is 16.0 Å². The van der Waals surface area contributed by atoms with Gasteiger partial charge in [0.2, 0.25) is 5.91 Å². The maximum Gasteiger partial charge on any atom is 0.318 e. The highest BCUT2D eigenvalue weighted by molar-refractivity contribution is 6.31. The minimum atomic E-state index is -0.304. The highest BCUT2D eigenvalue weighted by Gasteiger charge is 2.11. The Morgan fingerprint density at radius 3 is 2.41 bits per heavy atom. The smallest absolute Gasteiger partial charge is 0.318 e. The molecule has 7 nitrogen and oxygen atoms in total. The van der Waals surface area contributed by atoms with Gasteiger partial charge < -0.3 is 16.0 Å². The molecule has 8 heteroatoms. The maximum atomic E-state index is 12.1. The number of nitrogens with zero attached hydrogens (tertiary/aromatic N) is 2. The predicted octanol–water partition coefficient (Wildman–Crippen LogP) is 4.05. The summed E-state index contributed by atoms with van der Waals surface area (Å²) in [6, 6.07) is 6.51. The Kier molecular flexibility index (Phi) is 7.43. The van der Waals surface area contributed by atoms with Crippen molar-refractivity contribution in [1.82, 2.24) is 15.1 Å². The number of unbranched alkanes of at least 4 members (excludes halogenated alkanes) is 1. The molecule has 0 aliphatic rings. The van der Waals surface area contributed by atoms with Gasteiger partial charge in [0, 0.05) is 36.6 Å². The van der Waals surface area contributed by atoms with E-state index in [0.717, 1.165) is 30.6 Å². The van der Waals surface area contributed by atoms with Crippen LogP contribution in [0.25, 0.3) is 6.08 Å². The quantitative estimate of drug-likeness (QED) is 0.624. The molecule has 1 aromatic carbocycles. The monoisotopic (exact) mass is 389 g/mol. The van der Waals surface area contributed by atoms with Gasteiger partial charge in [-0.3, -0.25) is 9.48 Å². The standard InChI is InChI=1S/C19H24ClN5O2/c1-4-5-12-25-18(20)16(13(2)24-25)10-11-17(26)22-14-6-8-15(9-7-14)23-19(27)21-3/h6-11H,4-5,12H2,1-3H3,(H,22,26)(H2,21,23,27)/b11-10+. The van der Waals surface area contributed by atoms with Crippen molar-refractivity contribution < 1.29 is 9.59 Å². The fourth-order valence-corrected chi connectivity index (χ4v) is 2.71. The SMILES string of the molecule is CCCCn1nc(C)c(/C=C/C(=O)Nc2ccc(NC(=O)NC)cc2)c1Cl. The van der Waals surface area contributed by atoms with Gasteiger partial charge in [0.1, 0.15) is 5.15 Å². The molecule has 0 unspecified atom stereocenters. The zero-order chi connectivity index (χ0) is 19.8. The summed E-state index contributed by atoms with van der Waals surface area (Å²) >= 11 is 6.36. The minimum Gasteiger partial charge on any atom is -0.341 e. The Labute approximate surface area is 163 Å². The third-order valence-electron chi connectivity index (χ3n) is 3.87. The van der Waals surface area contributed by atoms with Crippen molar-refractivity contribution in [2.75, 3.05) is 17.7 Å². The Hall–Kier alpha value is -2.80. The van der Waals surface area contributed by atoms with Crippen LogP contribution in [0.3, 0.4) is 0 Å². The van der Waals surface area contributed by atoms with E-state index in [2.05, 4.69) is 28.0 Å². The van der Waals surface area contributed by atoms with Gasteiger partial charge in [-0.2, -0.15) is 5.10 Å². The van der Waals surface area contributed by atoms with Crippen molar-refractivity contribution in [2.24, 2.45) is 0 Å². The normalized spacial score (nSPS) is 10.8. The molecule has 0 fully saturated rings. The third-order valence-corrected chi connectivity index (χ3v) is 4.27. The number of amides is 3. The van der Waals surface area contributed by atoms with Crippen LogP contribution >= 0.6 is 11.6 Å². The number of carbonyl (C=O) groups excluding carboxylic acids is 2. The lowest BCUT2D eigenvalue weighted by Crippen LogP contribution is -2.24. The van der Waals surface area contributed by atoms with E-state index in [9.17, 15) is 9.59 Å². The summed E-state index contributed by atoms with van der Waals surface area (Å²) in [5.74, 6) is -0.279. The largest absolute Gasteiger partial charge is 0.341 e. The Morgan fingerprint density at radius 2 is 1.81 bits per heavy atom. The zero-order valence-corrected chi connectivity index (χ0v) is 16.4. The van der Waals surface area contributed by atoms with Gasteiger partial charge in [-0.25, -0.2) is 4.79 Å². The highest BCUT2D eigenvalue weighted by atomic mass is 35.5. The first-order chi connectivity index (χ1) is 12.9. The summed E-state index contributed by atoms with van der Waals surface area (Å²) in [4.78, 5) is 23.4. The fraction of sp³-hybridized carbons (Fsp3) is 0.316. The number of carbonyl (C=O) groups is 2. The summed E-state index contributed by atoms with van der Waals surface area (Å²) in [7, 11) is 1.54. The van der Waals surface area contributed by atoms with Crippen molar-refractivity contribution in [3.63, 3.8) is 0 Å². The molecule has 1 heterocycles. The molecule has 0 radical (unpaired) electrons. The van der Waals surface area contributed by atoms with Crippen molar-refractivity contribution >= 4 is 41.0 Å². The lowest BCUT2D eigenvalue weighted by Gasteiger charge is -2.06. The van der Waals surface area contributed by atoms with Gasteiger partial charge >= 0.3 is 6.03 Å². The Bertz CT molecular complexity index is 827. The molecule has 0 aliphatic carbocycles. The van der Waals surface area contributed by atoms with Gasteiger partial charge in [-0.1, -0.05) is 24.9 Å². The van der Waals surface area contributed by atoms with Crippen LogP contribution in [0.2, 0.25) is 5.15 Å². The number of aromatic nitrogens is 2. The Morgan fingerprint density at radius 1 is 1.19 bits per heavy atom. The second-order valence-electron chi connectivity index (χ2n) is 5.97. The minimum absolute atomic E-state index is 0.279. The third kappa shape index (κ3) is 5.86. The average Bonchev–Trinajstić information content (AvgIpc) is 2.93. The molecule has 1 aromatic heterocycles. The molecular formula is C19H24ClN5O2. The fourth-order valence-electron chi connectivity index (χ4n) is 2.39. The number of anilines is 2. The summed E-state index contributed by atoms with van der Waals surface area (Å²) in [5, 5.41) is 12.8. The van der Waals surface area contributed by atoms with Crippen molar-refractivity contribution in [1.29, 1.82) is 0 Å². The number of hydrogen-bond acceptors (Lipinski definition) is 3. The van der Waals surface area contributed by atoms with Gasteiger partial charge in [0.25, 0.3) is 0 Å². The van der Waals surface area contributed by atoms with E-state index >= 15 is 0 Å². The highest BCUT2D eigenvalue weighted by Crippen LogP contribution is 2.22. The second-order valence-corrected chi connectivity index (χ2v) is 6.33. The van der Waals surface area contributed by atoms with E-state index in [0.29, 0.717) is 16.5 Å². The molecule has 0 saturated heterocycles. The first-order valence-electron chi connectivity index (χ1n) is 8.75. The van der Waals surface area contributed by atoms with E-state index in [-0.39, 0.29) is 11.9 Å². The van der Waals surface area contributed by atoms with Crippen molar-refractivity contribution in [3.8, 4) is 0 Å². The van der Waals surface area contributed by atoms with Gasteiger partial charge in [-0.05, 0) is 43.7 Å². The predicted molar refractivity (Wildman–Crippen MR) is 109 cm³/mol. The van der Waals surface area contributed by atoms with Crippen molar-refractivity contribution in [2.45, 2.75) is 33.2 Å². The summed E-state index contributed by atoms with van der Waals surface area (Å²) < 4.78 is 1.76. The first kappa shape index (κ1) is 20.5. The zero-order valence-electron chi connectivity index (χ0n) is 15.7. The molecule has 0 saturated carbocycles. The second kappa shape index (κ2) is 9.78. The van der Waals surface area contributed by atoms with Crippen LogP contribution in [-0.4, -0.2) is 28.8 Å². The number of hydrogen-bond donors (Lipinski definition) is 3. The van der Waals surface area contributed by atoms with Crippen LogP contribution in [0, 0.1) is 6.92 Å². The summed E-state index contributed by atoms with van der Waals surface area (Å²) in [5.41, 5.74) is 2.77. The van der Waals surface area contributed by atoms with E-state index < -0.39 is 0 Å². The summed E-state index contributed by atoms with van der Waals surface area (Å²) in [6.45, 7) is 4.73. The average molecular weight is 390 g/mol. The number of aryl methyl sites for hydroxylation is 2. The molecule has 0 bridgehead atoms. The molecule has 27 heavy (non-hydrogen) atoms. The van der Waals surface area contributed by atoms with Gasteiger partial charge in [0.15, 0.2) is 0 Å². The van der Waals surface area contributed by atoms with E-state index in [1.54, 1.807) is 35.0 Å². The lowest BCUT2D eigenvalue weighted by atomic mass is 10.2. The molecule has 2 aromatic rings. The summed E-state index contributed by atoms with van der Waals surface area (Å²) in [6.07, 6.45) is 5.15. The maximum absolute atomic E-state index is 12.1. The van der Waals surface area contributed by atoms with Crippen LogP contribution in [0.4, 0.5) is 16.2 Å². The number of benzene rings is 1. The van der Waals surface area contributed by atoms with Crippen LogP contribution in [0.5, 0.6) is 0 Å². The molecule has 3 N–H and O–H groups in total. The molecular weight excluding hydrogens is 366 g/mol. The van der Waals surface area contributed by atoms with Gasteiger partial charge in [-0.15, -0.1) is 0 Å². The van der Waals surface area contributed by atoms with Crippen LogP contribution in [0.15, 0.2) is 30.3 Å². The molecule has 3 amide bonds. The Balaban J connectivity index is 1.99. The van der Waals surface area contributed by atoms with Crippen molar-refractivity contribution in [3.05, 3.63) is 46.8 Å². The number of nitrogens with one attached hydrogen (secondary N) is 3.